The Morgan fingerprint density at radius 1 is 1.50 bits per heavy atom. The molecule has 2 unspecified atom stereocenters. The van der Waals surface area contributed by atoms with E-state index in [9.17, 15) is 14.7 Å². The number of aliphatic carboxylic acids is 1. The quantitative estimate of drug-likeness (QED) is 0.832. The fourth-order valence-electron chi connectivity index (χ4n) is 2.78. The summed E-state index contributed by atoms with van der Waals surface area (Å²) in [6.07, 6.45) is 6.59. The van der Waals surface area contributed by atoms with Crippen LogP contribution in [0.4, 0.5) is 0 Å². The average Bonchev–Trinajstić information content (AvgIpc) is 2.92. The zero-order valence-corrected chi connectivity index (χ0v) is 11.6. The molecule has 0 radical (unpaired) electrons. The first kappa shape index (κ1) is 14.5. The lowest BCUT2D eigenvalue weighted by molar-refractivity contribution is -0.152. The molecule has 7 nitrogen and oxygen atoms in total. The Kier molecular flexibility index (Phi) is 4.36. The third-order valence-electron chi connectivity index (χ3n) is 4.08. The monoisotopic (exact) mass is 280 g/mol. The summed E-state index contributed by atoms with van der Waals surface area (Å²) in [6, 6.07) is 0. The maximum Gasteiger partial charge on any atom is 0.329 e. The van der Waals surface area contributed by atoms with Gasteiger partial charge in [0.2, 0.25) is 5.91 Å². The Bertz CT molecular complexity index is 474. The Hall–Kier alpha value is -1.92. The van der Waals surface area contributed by atoms with E-state index in [4.69, 9.17) is 0 Å². The first-order valence-electron chi connectivity index (χ1n) is 6.93. The standard InChI is InChI=1S/C13H20N4O3/c1-10-4-2-3-6-13(10,12(19)20)15-11(18)5-8-17-9-7-14-16-17/h7,9-10H,2-6,8H2,1H3,(H,15,18)(H,19,20). The molecule has 1 amide bonds. The molecule has 2 rings (SSSR count). The van der Waals surface area contributed by atoms with Gasteiger partial charge in [0.15, 0.2) is 0 Å². The molecule has 1 aromatic heterocycles. The van der Waals surface area contributed by atoms with Crippen molar-refractivity contribution in [1.82, 2.24) is 20.3 Å². The molecule has 1 aromatic rings. The molecule has 1 heterocycles. The van der Waals surface area contributed by atoms with E-state index in [0.717, 1.165) is 19.3 Å². The van der Waals surface area contributed by atoms with E-state index in [-0.39, 0.29) is 18.2 Å². The van der Waals surface area contributed by atoms with E-state index in [0.29, 0.717) is 13.0 Å². The highest BCUT2D eigenvalue weighted by Gasteiger charge is 2.46. The zero-order chi connectivity index (χ0) is 14.6. The molecule has 7 heteroatoms. The molecular formula is C13H20N4O3. The predicted molar refractivity (Wildman–Crippen MR) is 70.8 cm³/mol. The van der Waals surface area contributed by atoms with Crippen LogP contribution in [-0.2, 0) is 16.1 Å². The minimum Gasteiger partial charge on any atom is -0.479 e. The highest BCUT2D eigenvalue weighted by atomic mass is 16.4. The number of carbonyl (C=O) groups excluding carboxylic acids is 1. The van der Waals surface area contributed by atoms with E-state index < -0.39 is 11.5 Å². The number of amides is 1. The molecule has 20 heavy (non-hydrogen) atoms. The van der Waals surface area contributed by atoms with Crippen LogP contribution in [0.5, 0.6) is 0 Å². The van der Waals surface area contributed by atoms with Crippen molar-refractivity contribution in [2.75, 3.05) is 0 Å². The second kappa shape index (κ2) is 6.02. The van der Waals surface area contributed by atoms with Crippen molar-refractivity contribution in [2.45, 2.75) is 51.1 Å². The second-order valence-electron chi connectivity index (χ2n) is 5.39. The predicted octanol–water partition coefficient (Wildman–Crippen LogP) is 0.818. The van der Waals surface area contributed by atoms with Crippen LogP contribution in [0.15, 0.2) is 12.4 Å². The maximum absolute atomic E-state index is 12.0. The normalized spacial score (nSPS) is 26.1. The van der Waals surface area contributed by atoms with Crippen LogP contribution in [0.2, 0.25) is 0 Å². The summed E-state index contributed by atoms with van der Waals surface area (Å²) in [7, 11) is 0. The fourth-order valence-corrected chi connectivity index (χ4v) is 2.78. The highest BCUT2D eigenvalue weighted by molar-refractivity contribution is 5.87. The molecule has 0 aliphatic heterocycles. The summed E-state index contributed by atoms with van der Waals surface area (Å²) < 4.78 is 1.55. The van der Waals surface area contributed by atoms with Gasteiger partial charge in [0, 0.05) is 12.6 Å². The summed E-state index contributed by atoms with van der Waals surface area (Å²) >= 11 is 0. The third-order valence-corrected chi connectivity index (χ3v) is 4.08. The minimum absolute atomic E-state index is 0.0518. The van der Waals surface area contributed by atoms with Gasteiger partial charge < -0.3 is 10.4 Å². The Balaban J connectivity index is 1.97. The van der Waals surface area contributed by atoms with Crippen LogP contribution in [0.3, 0.4) is 0 Å². The zero-order valence-electron chi connectivity index (χ0n) is 11.6. The third kappa shape index (κ3) is 2.97. The van der Waals surface area contributed by atoms with E-state index in [1.165, 1.54) is 0 Å². The molecule has 1 aliphatic carbocycles. The van der Waals surface area contributed by atoms with Crippen molar-refractivity contribution in [3.63, 3.8) is 0 Å². The Morgan fingerprint density at radius 2 is 2.30 bits per heavy atom. The van der Waals surface area contributed by atoms with Gasteiger partial charge in [-0.3, -0.25) is 9.48 Å². The lowest BCUT2D eigenvalue weighted by atomic mass is 9.73. The van der Waals surface area contributed by atoms with E-state index >= 15 is 0 Å². The molecule has 1 aliphatic rings. The van der Waals surface area contributed by atoms with E-state index in [2.05, 4.69) is 15.6 Å². The van der Waals surface area contributed by atoms with Crippen LogP contribution >= 0.6 is 0 Å². The number of aryl methyl sites for hydroxylation is 1. The summed E-state index contributed by atoms with van der Waals surface area (Å²) in [5, 5.41) is 19.7. The van der Waals surface area contributed by atoms with Crippen LogP contribution in [0.1, 0.15) is 39.0 Å². The smallest absolute Gasteiger partial charge is 0.329 e. The molecule has 1 saturated carbocycles. The number of rotatable bonds is 5. The largest absolute Gasteiger partial charge is 0.479 e. The van der Waals surface area contributed by atoms with Gasteiger partial charge in [-0.15, -0.1) is 5.10 Å². The number of nitrogens with zero attached hydrogens (tertiary/aromatic N) is 3. The molecule has 2 N–H and O–H groups in total. The van der Waals surface area contributed by atoms with Gasteiger partial charge >= 0.3 is 5.97 Å². The first-order chi connectivity index (χ1) is 9.54. The molecule has 2 atom stereocenters. The molecule has 1 fully saturated rings. The lowest BCUT2D eigenvalue weighted by Gasteiger charge is -2.39. The molecule has 0 spiro atoms. The van der Waals surface area contributed by atoms with Gasteiger partial charge in [-0.2, -0.15) is 0 Å². The summed E-state index contributed by atoms with van der Waals surface area (Å²) in [5.41, 5.74) is -1.11. The lowest BCUT2D eigenvalue weighted by Crippen LogP contribution is -2.60. The number of hydrogen-bond acceptors (Lipinski definition) is 4. The van der Waals surface area contributed by atoms with Crippen molar-refractivity contribution in [3.05, 3.63) is 12.4 Å². The fraction of sp³-hybridized carbons (Fsp3) is 0.692. The topological polar surface area (TPSA) is 97.1 Å². The van der Waals surface area contributed by atoms with Crippen LogP contribution in [-0.4, -0.2) is 37.5 Å². The van der Waals surface area contributed by atoms with Gasteiger partial charge in [0.25, 0.3) is 0 Å². The van der Waals surface area contributed by atoms with Crippen molar-refractivity contribution in [3.8, 4) is 0 Å². The number of carboxylic acid groups (broad SMARTS) is 1. The molecule has 110 valence electrons. The van der Waals surface area contributed by atoms with Gasteiger partial charge in [-0.05, 0) is 18.8 Å². The number of hydrogen-bond donors (Lipinski definition) is 2. The molecular weight excluding hydrogens is 260 g/mol. The van der Waals surface area contributed by atoms with Gasteiger partial charge in [0.1, 0.15) is 5.54 Å². The second-order valence-corrected chi connectivity index (χ2v) is 5.39. The van der Waals surface area contributed by atoms with E-state index in [1.54, 1.807) is 17.1 Å². The molecule has 0 aromatic carbocycles. The maximum atomic E-state index is 12.0. The SMILES string of the molecule is CC1CCCCC1(NC(=O)CCn1ccnn1)C(=O)O. The summed E-state index contributed by atoms with van der Waals surface area (Å²) in [6.45, 7) is 2.29. The first-order valence-corrected chi connectivity index (χ1v) is 6.93. The average molecular weight is 280 g/mol. The summed E-state index contributed by atoms with van der Waals surface area (Å²) in [4.78, 5) is 23.6. The van der Waals surface area contributed by atoms with Crippen LogP contribution < -0.4 is 5.32 Å². The van der Waals surface area contributed by atoms with Crippen LogP contribution in [0, 0.1) is 5.92 Å². The van der Waals surface area contributed by atoms with Crippen molar-refractivity contribution < 1.29 is 14.7 Å². The Labute approximate surface area is 117 Å². The number of nitrogens with one attached hydrogen (secondary N) is 1. The molecule has 0 saturated heterocycles. The van der Waals surface area contributed by atoms with Crippen LogP contribution in [0.25, 0.3) is 0 Å². The molecule has 0 bridgehead atoms. The number of carbonyl (C=O) groups is 2. The highest BCUT2D eigenvalue weighted by Crippen LogP contribution is 2.34. The van der Waals surface area contributed by atoms with Gasteiger partial charge in [-0.25, -0.2) is 4.79 Å². The van der Waals surface area contributed by atoms with Crippen molar-refractivity contribution >= 4 is 11.9 Å². The summed E-state index contributed by atoms with van der Waals surface area (Å²) in [5.74, 6) is -1.24. The van der Waals surface area contributed by atoms with Gasteiger partial charge in [0.05, 0.1) is 12.7 Å². The number of aromatic nitrogens is 3. The Morgan fingerprint density at radius 3 is 2.90 bits per heavy atom. The minimum atomic E-state index is -1.11. The van der Waals surface area contributed by atoms with Crippen molar-refractivity contribution in [1.29, 1.82) is 0 Å². The number of carboxylic acids is 1. The van der Waals surface area contributed by atoms with Gasteiger partial charge in [-0.1, -0.05) is 25.0 Å². The van der Waals surface area contributed by atoms with E-state index in [1.807, 2.05) is 6.92 Å². The van der Waals surface area contributed by atoms with Crippen molar-refractivity contribution in [2.24, 2.45) is 5.92 Å².